The van der Waals surface area contributed by atoms with Crippen molar-refractivity contribution in [3.05, 3.63) is 173 Å². The molecule has 1 aliphatic carbocycles. The third-order valence-corrected chi connectivity index (χ3v) is 9.13. The molecule has 0 fully saturated rings. The molecule has 0 saturated heterocycles. The van der Waals surface area contributed by atoms with Gasteiger partial charge in [-0.3, -0.25) is 0 Å². The number of fused-ring (bicyclic) bond motifs is 4. The van der Waals surface area contributed by atoms with E-state index in [0.717, 1.165) is 0 Å². The zero-order valence-electron chi connectivity index (χ0n) is 21.8. The Kier molecular flexibility index (Phi) is 5.87. The van der Waals surface area contributed by atoms with Crippen LogP contribution in [0.4, 0.5) is 0 Å². The van der Waals surface area contributed by atoms with Gasteiger partial charge in [-0.15, -0.1) is 11.3 Å². The zero-order chi connectivity index (χ0) is 26.2. The molecular formula is C38H28S. The summed E-state index contributed by atoms with van der Waals surface area (Å²) in [7, 11) is 0. The molecule has 0 saturated carbocycles. The summed E-state index contributed by atoms with van der Waals surface area (Å²) in [6.07, 6.45) is 11.0. The lowest BCUT2D eigenvalue weighted by molar-refractivity contribution is 0.762. The summed E-state index contributed by atoms with van der Waals surface area (Å²) in [6.45, 7) is 2.06. The predicted octanol–water partition coefficient (Wildman–Crippen LogP) is 10.6. The monoisotopic (exact) mass is 516 g/mol. The molecule has 5 aromatic carbocycles. The Balaban J connectivity index is 1.50. The molecule has 0 bridgehead atoms. The first-order chi connectivity index (χ1) is 19.3. The van der Waals surface area contributed by atoms with Crippen LogP contribution >= 0.6 is 11.3 Å². The van der Waals surface area contributed by atoms with Gasteiger partial charge in [0.15, 0.2) is 0 Å². The largest absolute Gasteiger partial charge is 0.135 e. The van der Waals surface area contributed by atoms with E-state index >= 15 is 0 Å². The van der Waals surface area contributed by atoms with Crippen LogP contribution in [0.15, 0.2) is 151 Å². The molecule has 0 amide bonds. The van der Waals surface area contributed by atoms with Crippen LogP contribution < -0.4 is 0 Å². The summed E-state index contributed by atoms with van der Waals surface area (Å²) < 4.78 is 2.68. The Labute approximate surface area is 233 Å². The molecular weight excluding hydrogens is 488 g/mol. The van der Waals surface area contributed by atoms with Crippen LogP contribution in [0.25, 0.3) is 37.4 Å². The van der Waals surface area contributed by atoms with Gasteiger partial charge < -0.3 is 0 Å². The second-order valence-corrected chi connectivity index (χ2v) is 11.1. The molecule has 1 unspecified atom stereocenters. The minimum atomic E-state index is -0.403. The summed E-state index contributed by atoms with van der Waals surface area (Å²) in [4.78, 5) is 0. The Morgan fingerprint density at radius 1 is 0.641 bits per heavy atom. The molecule has 39 heavy (non-hydrogen) atoms. The fraction of sp³-hybridized carbons (Fsp3) is 0.0526. The molecule has 0 N–H and O–H groups in total. The van der Waals surface area contributed by atoms with Gasteiger partial charge in [0.25, 0.3) is 0 Å². The molecule has 186 valence electrons. The van der Waals surface area contributed by atoms with Crippen molar-refractivity contribution in [2.24, 2.45) is 0 Å². The van der Waals surface area contributed by atoms with Crippen molar-refractivity contribution in [1.29, 1.82) is 0 Å². The number of hydrogen-bond donors (Lipinski definition) is 0. The summed E-state index contributed by atoms with van der Waals surface area (Å²) in [5.41, 5.74) is 8.59. The van der Waals surface area contributed by atoms with Crippen LogP contribution in [0, 0.1) is 0 Å². The van der Waals surface area contributed by atoms with E-state index in [2.05, 4.69) is 159 Å². The Morgan fingerprint density at radius 3 is 2.28 bits per heavy atom. The smallest absolute Gasteiger partial charge is 0.0707 e. The SMILES string of the molecule is C/C=C\C=C/C1=Cc2ccccc2C1(c1ccccc1)c1cccc(-c2cccc3c2sc2ccccc23)c1. The summed E-state index contributed by atoms with van der Waals surface area (Å²) in [5, 5.41) is 2.66. The summed E-state index contributed by atoms with van der Waals surface area (Å²) in [5.74, 6) is 0. The maximum atomic E-state index is 2.42. The Hall–Kier alpha value is -4.46. The fourth-order valence-corrected chi connectivity index (χ4v) is 7.47. The second kappa shape index (κ2) is 9.69. The molecule has 6 aromatic rings. The highest BCUT2D eigenvalue weighted by Gasteiger charge is 2.43. The van der Waals surface area contributed by atoms with Gasteiger partial charge in [-0.05, 0) is 64.1 Å². The van der Waals surface area contributed by atoms with E-state index in [1.807, 2.05) is 11.3 Å². The lowest BCUT2D eigenvalue weighted by Gasteiger charge is -2.35. The van der Waals surface area contributed by atoms with E-state index in [-0.39, 0.29) is 0 Å². The van der Waals surface area contributed by atoms with Crippen LogP contribution in [0.1, 0.15) is 29.2 Å². The van der Waals surface area contributed by atoms with Crippen LogP contribution in [-0.4, -0.2) is 0 Å². The Morgan fingerprint density at radius 2 is 1.38 bits per heavy atom. The second-order valence-electron chi connectivity index (χ2n) is 10.0. The van der Waals surface area contributed by atoms with E-state index in [0.29, 0.717) is 0 Å². The molecule has 1 heteroatoms. The van der Waals surface area contributed by atoms with E-state index in [1.165, 1.54) is 59.1 Å². The number of allylic oxidation sites excluding steroid dienone is 5. The highest BCUT2D eigenvalue weighted by molar-refractivity contribution is 7.26. The molecule has 0 aliphatic heterocycles. The van der Waals surface area contributed by atoms with Crippen molar-refractivity contribution in [2.45, 2.75) is 12.3 Å². The lowest BCUT2D eigenvalue weighted by atomic mass is 9.66. The summed E-state index contributed by atoms with van der Waals surface area (Å²) in [6, 6.07) is 44.5. The van der Waals surface area contributed by atoms with Crippen molar-refractivity contribution in [3.8, 4) is 11.1 Å². The Bertz CT molecular complexity index is 1920. The third-order valence-electron chi connectivity index (χ3n) is 7.91. The van der Waals surface area contributed by atoms with E-state index in [4.69, 9.17) is 0 Å². The number of hydrogen-bond acceptors (Lipinski definition) is 1. The van der Waals surface area contributed by atoms with E-state index in [9.17, 15) is 0 Å². The topological polar surface area (TPSA) is 0 Å². The summed E-state index contributed by atoms with van der Waals surface area (Å²) >= 11 is 1.89. The van der Waals surface area contributed by atoms with Gasteiger partial charge >= 0.3 is 0 Å². The van der Waals surface area contributed by atoms with Crippen molar-refractivity contribution in [2.75, 3.05) is 0 Å². The number of thiophene rings is 1. The number of benzene rings is 5. The van der Waals surface area contributed by atoms with Crippen molar-refractivity contribution < 1.29 is 0 Å². The molecule has 1 aliphatic rings. The van der Waals surface area contributed by atoms with Crippen LogP contribution in [-0.2, 0) is 5.41 Å². The predicted molar refractivity (Wildman–Crippen MR) is 169 cm³/mol. The van der Waals surface area contributed by atoms with E-state index in [1.54, 1.807) is 0 Å². The minimum absolute atomic E-state index is 0.403. The first-order valence-corrected chi connectivity index (χ1v) is 14.3. The molecule has 0 nitrogen and oxygen atoms in total. The highest BCUT2D eigenvalue weighted by atomic mass is 32.1. The van der Waals surface area contributed by atoms with Crippen molar-refractivity contribution in [3.63, 3.8) is 0 Å². The highest BCUT2D eigenvalue weighted by Crippen LogP contribution is 2.52. The maximum absolute atomic E-state index is 2.42. The maximum Gasteiger partial charge on any atom is 0.0707 e. The van der Waals surface area contributed by atoms with Crippen molar-refractivity contribution in [1.82, 2.24) is 0 Å². The van der Waals surface area contributed by atoms with Gasteiger partial charge in [-0.25, -0.2) is 0 Å². The van der Waals surface area contributed by atoms with Gasteiger partial charge in [0, 0.05) is 20.2 Å². The van der Waals surface area contributed by atoms with Gasteiger partial charge in [-0.1, -0.05) is 133 Å². The lowest BCUT2D eigenvalue weighted by Crippen LogP contribution is -2.29. The fourth-order valence-electron chi connectivity index (χ4n) is 6.23. The molecule has 0 radical (unpaired) electrons. The standard InChI is InChI=1S/C38H28S/c1-2-3-5-18-30-26-28-14-8-10-23-35(28)38(30,29-16-6-4-7-17-29)31-19-12-15-27(25-31)32-21-13-22-34-33-20-9-11-24-36(33)39-37(32)34/h2-26H,1H3/b3-2-,18-5-. The van der Waals surface area contributed by atoms with Gasteiger partial charge in [0.1, 0.15) is 0 Å². The third kappa shape index (κ3) is 3.73. The quantitative estimate of drug-likeness (QED) is 0.200. The molecule has 0 spiro atoms. The number of rotatable bonds is 5. The van der Waals surface area contributed by atoms with E-state index < -0.39 is 5.41 Å². The average Bonchev–Trinajstić information content (AvgIpc) is 3.54. The van der Waals surface area contributed by atoms with Gasteiger partial charge in [-0.2, -0.15) is 0 Å². The minimum Gasteiger partial charge on any atom is -0.135 e. The van der Waals surface area contributed by atoms with Crippen LogP contribution in [0.2, 0.25) is 0 Å². The molecule has 1 atom stereocenters. The van der Waals surface area contributed by atoms with Gasteiger partial charge in [0.2, 0.25) is 0 Å². The molecule has 1 aromatic heterocycles. The first-order valence-electron chi connectivity index (χ1n) is 13.5. The molecule has 7 rings (SSSR count). The normalized spacial score (nSPS) is 16.9. The first kappa shape index (κ1) is 23.6. The van der Waals surface area contributed by atoms with Crippen LogP contribution in [0.5, 0.6) is 0 Å². The van der Waals surface area contributed by atoms with Crippen LogP contribution in [0.3, 0.4) is 0 Å². The van der Waals surface area contributed by atoms with Gasteiger partial charge in [0.05, 0.1) is 5.41 Å². The molecule has 1 heterocycles. The zero-order valence-corrected chi connectivity index (χ0v) is 22.7. The average molecular weight is 517 g/mol. The van der Waals surface area contributed by atoms with Crippen molar-refractivity contribution >= 4 is 37.6 Å².